The summed E-state index contributed by atoms with van der Waals surface area (Å²) in [6.45, 7) is 4.15. The van der Waals surface area contributed by atoms with E-state index in [1.807, 2.05) is 12.1 Å². The van der Waals surface area contributed by atoms with Gasteiger partial charge in [0.2, 0.25) is 0 Å². The van der Waals surface area contributed by atoms with Crippen molar-refractivity contribution in [3.8, 4) is 0 Å². The molecule has 1 aliphatic heterocycles. The van der Waals surface area contributed by atoms with E-state index in [4.69, 9.17) is 5.11 Å². The first-order valence-electron chi connectivity index (χ1n) is 6.73. The number of hydrogen-bond donors (Lipinski definition) is 2. The second-order valence-electron chi connectivity index (χ2n) is 4.84. The average Bonchev–Trinajstić information content (AvgIpc) is 2.44. The fourth-order valence-electron chi connectivity index (χ4n) is 2.56. The van der Waals surface area contributed by atoms with Gasteiger partial charge in [0.25, 0.3) is 0 Å². The molecule has 0 saturated carbocycles. The Morgan fingerprint density at radius 2 is 2.05 bits per heavy atom. The predicted octanol–water partition coefficient (Wildman–Crippen LogP) is 2.73. The van der Waals surface area contributed by atoms with Crippen LogP contribution in [0.25, 0.3) is 0 Å². The molecule has 1 aliphatic rings. The van der Waals surface area contributed by atoms with Crippen LogP contribution in [-0.2, 0) is 0 Å². The number of rotatable bonds is 5. The first kappa shape index (κ1) is 17.9. The van der Waals surface area contributed by atoms with Crippen molar-refractivity contribution in [2.45, 2.75) is 18.9 Å². The number of benzene rings is 1. The number of halogens is 3. The lowest BCUT2D eigenvalue weighted by molar-refractivity contribution is 0.154. The molecule has 6 heteroatoms. The third-order valence-corrected chi connectivity index (χ3v) is 4.16. The van der Waals surface area contributed by atoms with Crippen LogP contribution in [0.2, 0.25) is 0 Å². The van der Waals surface area contributed by atoms with Crippen LogP contribution >= 0.6 is 28.3 Å². The Kier molecular flexibility index (Phi) is 7.99. The zero-order valence-electron chi connectivity index (χ0n) is 11.3. The topological polar surface area (TPSA) is 35.5 Å². The van der Waals surface area contributed by atoms with Crippen LogP contribution in [0.15, 0.2) is 22.7 Å². The molecule has 0 amide bonds. The summed E-state index contributed by atoms with van der Waals surface area (Å²) >= 11 is 3.25. The molecule has 2 rings (SSSR count). The van der Waals surface area contributed by atoms with Gasteiger partial charge in [0.1, 0.15) is 5.82 Å². The van der Waals surface area contributed by atoms with Crippen LogP contribution < -0.4 is 5.32 Å². The Morgan fingerprint density at radius 3 is 2.65 bits per heavy atom. The van der Waals surface area contributed by atoms with E-state index in [-0.39, 0.29) is 30.9 Å². The molecule has 0 spiro atoms. The summed E-state index contributed by atoms with van der Waals surface area (Å²) in [5.74, 6) is -0.232. The zero-order chi connectivity index (χ0) is 13.7. The molecule has 3 nitrogen and oxygen atoms in total. The molecular formula is C14H21BrClFN2O. The predicted molar refractivity (Wildman–Crippen MR) is 84.9 cm³/mol. The zero-order valence-corrected chi connectivity index (χ0v) is 13.7. The Labute approximate surface area is 134 Å². The van der Waals surface area contributed by atoms with Crippen LogP contribution in [0.1, 0.15) is 24.4 Å². The van der Waals surface area contributed by atoms with Crippen molar-refractivity contribution >= 4 is 28.3 Å². The minimum atomic E-state index is -0.232. The minimum absolute atomic E-state index is 0. The van der Waals surface area contributed by atoms with Gasteiger partial charge in [-0.05, 0) is 46.5 Å². The Morgan fingerprint density at radius 1 is 1.35 bits per heavy atom. The number of hydrogen-bond acceptors (Lipinski definition) is 3. The molecule has 0 bridgehead atoms. The molecule has 0 unspecified atom stereocenters. The van der Waals surface area contributed by atoms with E-state index in [0.717, 1.165) is 44.6 Å². The van der Waals surface area contributed by atoms with E-state index in [1.54, 1.807) is 0 Å². The smallest absolute Gasteiger partial charge is 0.137 e. The highest BCUT2D eigenvalue weighted by atomic mass is 79.9. The van der Waals surface area contributed by atoms with Gasteiger partial charge in [-0.1, -0.05) is 6.07 Å². The van der Waals surface area contributed by atoms with Crippen molar-refractivity contribution in [1.29, 1.82) is 0 Å². The molecule has 0 radical (unpaired) electrons. The summed E-state index contributed by atoms with van der Waals surface area (Å²) in [7, 11) is 0. The van der Waals surface area contributed by atoms with E-state index < -0.39 is 0 Å². The van der Waals surface area contributed by atoms with Gasteiger partial charge in [-0.15, -0.1) is 12.4 Å². The second kappa shape index (κ2) is 8.95. The van der Waals surface area contributed by atoms with Crippen molar-refractivity contribution in [2.75, 3.05) is 32.8 Å². The largest absolute Gasteiger partial charge is 0.396 e. The highest BCUT2D eigenvalue weighted by Gasteiger charge is 2.22. The normalized spacial score (nSPS) is 17.6. The van der Waals surface area contributed by atoms with Crippen molar-refractivity contribution < 1.29 is 9.50 Å². The lowest BCUT2D eigenvalue weighted by Gasteiger charge is -2.35. The van der Waals surface area contributed by atoms with E-state index in [2.05, 4.69) is 26.1 Å². The SMILES string of the molecule is Cl.OCCC[C@H](c1ccc(F)c(Br)c1)N1CCNCC1. The minimum Gasteiger partial charge on any atom is -0.396 e. The van der Waals surface area contributed by atoms with Gasteiger partial charge in [-0.3, -0.25) is 4.90 Å². The Balaban J connectivity index is 0.00000200. The molecule has 1 fully saturated rings. The molecule has 20 heavy (non-hydrogen) atoms. The molecule has 0 aliphatic carbocycles. The standard InChI is InChI=1S/C14H20BrFN2O.ClH/c15-12-10-11(3-4-13(12)16)14(2-1-9-19)18-7-5-17-6-8-18;/h3-4,10,14,17,19H,1-2,5-9H2;1H/t14-;/m1./s1. The number of aliphatic hydroxyl groups excluding tert-OH is 1. The van der Waals surface area contributed by atoms with Crippen LogP contribution in [-0.4, -0.2) is 42.8 Å². The van der Waals surface area contributed by atoms with E-state index in [9.17, 15) is 4.39 Å². The van der Waals surface area contributed by atoms with E-state index in [0.29, 0.717) is 4.47 Å². The number of nitrogens with one attached hydrogen (secondary N) is 1. The van der Waals surface area contributed by atoms with Crippen LogP contribution in [0, 0.1) is 5.82 Å². The molecule has 2 N–H and O–H groups in total. The van der Waals surface area contributed by atoms with Gasteiger partial charge >= 0.3 is 0 Å². The lowest BCUT2D eigenvalue weighted by atomic mass is 9.99. The third kappa shape index (κ3) is 4.67. The van der Waals surface area contributed by atoms with Crippen LogP contribution in [0.3, 0.4) is 0 Å². The van der Waals surface area contributed by atoms with Crippen molar-refractivity contribution in [2.24, 2.45) is 0 Å². The molecule has 1 saturated heterocycles. The molecule has 0 aromatic heterocycles. The first-order valence-corrected chi connectivity index (χ1v) is 7.52. The number of piperazine rings is 1. The van der Waals surface area contributed by atoms with Gasteiger partial charge in [-0.2, -0.15) is 0 Å². The molecule has 1 heterocycles. The maximum absolute atomic E-state index is 13.3. The molecule has 1 aromatic rings. The quantitative estimate of drug-likeness (QED) is 0.840. The Bertz CT molecular complexity index is 416. The van der Waals surface area contributed by atoms with Crippen LogP contribution in [0.4, 0.5) is 4.39 Å². The fraction of sp³-hybridized carbons (Fsp3) is 0.571. The number of nitrogens with zero attached hydrogens (tertiary/aromatic N) is 1. The van der Waals surface area contributed by atoms with Gasteiger partial charge < -0.3 is 10.4 Å². The maximum Gasteiger partial charge on any atom is 0.137 e. The lowest BCUT2D eigenvalue weighted by Crippen LogP contribution is -2.45. The van der Waals surface area contributed by atoms with E-state index >= 15 is 0 Å². The monoisotopic (exact) mass is 366 g/mol. The summed E-state index contributed by atoms with van der Waals surface area (Å²) in [4.78, 5) is 2.41. The average molecular weight is 368 g/mol. The summed E-state index contributed by atoms with van der Waals surface area (Å²) in [5, 5.41) is 12.4. The fourth-order valence-corrected chi connectivity index (χ4v) is 2.95. The van der Waals surface area contributed by atoms with Gasteiger partial charge in [-0.25, -0.2) is 4.39 Å². The summed E-state index contributed by atoms with van der Waals surface area (Å²) in [6.07, 6.45) is 1.66. The van der Waals surface area contributed by atoms with Crippen molar-refractivity contribution in [3.05, 3.63) is 34.1 Å². The van der Waals surface area contributed by atoms with Crippen molar-refractivity contribution in [1.82, 2.24) is 10.2 Å². The maximum atomic E-state index is 13.3. The number of aliphatic hydroxyl groups is 1. The highest BCUT2D eigenvalue weighted by Crippen LogP contribution is 2.29. The molecule has 1 atom stereocenters. The summed E-state index contributed by atoms with van der Waals surface area (Å²) in [5.41, 5.74) is 1.11. The van der Waals surface area contributed by atoms with Crippen LogP contribution in [0.5, 0.6) is 0 Å². The second-order valence-corrected chi connectivity index (χ2v) is 5.70. The molecule has 114 valence electrons. The third-order valence-electron chi connectivity index (χ3n) is 3.56. The van der Waals surface area contributed by atoms with Gasteiger partial charge in [0.05, 0.1) is 4.47 Å². The summed E-state index contributed by atoms with van der Waals surface area (Å²) < 4.78 is 13.9. The summed E-state index contributed by atoms with van der Waals surface area (Å²) in [6, 6.07) is 5.48. The highest BCUT2D eigenvalue weighted by molar-refractivity contribution is 9.10. The molecule has 1 aromatic carbocycles. The molecular weight excluding hydrogens is 347 g/mol. The van der Waals surface area contributed by atoms with Gasteiger partial charge in [0, 0.05) is 38.8 Å². The van der Waals surface area contributed by atoms with Gasteiger partial charge in [0.15, 0.2) is 0 Å². The van der Waals surface area contributed by atoms with E-state index in [1.165, 1.54) is 6.07 Å². The Hall–Kier alpha value is -0.200. The first-order chi connectivity index (χ1) is 9.22. The van der Waals surface area contributed by atoms with Crippen molar-refractivity contribution in [3.63, 3.8) is 0 Å².